The molecule has 1 aliphatic rings. The standard InChI is InChI=1S/C18H13N3O4/c22-18(15-8-11-4-1-2-5-13(11)24-15)21-9-12(10-21)17-19-16(20-25-17)14-6-3-7-23-14/h1-8,12H,9-10H2. The molecule has 1 aliphatic heterocycles. The first-order valence-electron chi connectivity index (χ1n) is 7.93. The maximum absolute atomic E-state index is 12.5. The van der Waals surface area contributed by atoms with Gasteiger partial charge in [-0.05, 0) is 24.3 Å². The highest BCUT2D eigenvalue weighted by molar-refractivity contribution is 5.96. The molecule has 1 fully saturated rings. The Hall–Kier alpha value is -3.35. The van der Waals surface area contributed by atoms with E-state index in [0.717, 1.165) is 5.39 Å². The van der Waals surface area contributed by atoms with Crippen molar-refractivity contribution in [2.24, 2.45) is 0 Å². The van der Waals surface area contributed by atoms with Crippen LogP contribution in [-0.2, 0) is 0 Å². The highest BCUT2D eigenvalue weighted by Gasteiger charge is 2.37. The summed E-state index contributed by atoms with van der Waals surface area (Å²) in [6, 6.07) is 12.9. The molecule has 0 saturated carbocycles. The number of carbonyl (C=O) groups is 1. The van der Waals surface area contributed by atoms with E-state index in [4.69, 9.17) is 13.4 Å². The highest BCUT2D eigenvalue weighted by Crippen LogP contribution is 2.30. The minimum atomic E-state index is -0.127. The summed E-state index contributed by atoms with van der Waals surface area (Å²) in [5.41, 5.74) is 0.711. The molecule has 1 saturated heterocycles. The number of likely N-dealkylation sites (tertiary alicyclic amines) is 1. The zero-order chi connectivity index (χ0) is 16.8. The molecular formula is C18H13N3O4. The fraction of sp³-hybridized carbons (Fsp3) is 0.167. The molecule has 4 heterocycles. The minimum absolute atomic E-state index is 0.0320. The maximum atomic E-state index is 12.5. The van der Waals surface area contributed by atoms with Crippen LogP contribution in [0.3, 0.4) is 0 Å². The van der Waals surface area contributed by atoms with Crippen LogP contribution in [-0.4, -0.2) is 34.0 Å². The molecule has 7 nitrogen and oxygen atoms in total. The van der Waals surface area contributed by atoms with Gasteiger partial charge < -0.3 is 18.3 Å². The van der Waals surface area contributed by atoms with E-state index in [2.05, 4.69) is 10.1 Å². The van der Waals surface area contributed by atoms with Crippen molar-refractivity contribution in [1.82, 2.24) is 15.0 Å². The molecule has 1 amide bonds. The van der Waals surface area contributed by atoms with Crippen LogP contribution in [0, 0.1) is 0 Å². The Morgan fingerprint density at radius 3 is 2.84 bits per heavy atom. The Bertz CT molecular complexity index is 1010. The van der Waals surface area contributed by atoms with Crippen molar-refractivity contribution >= 4 is 16.9 Å². The third-order valence-electron chi connectivity index (χ3n) is 4.34. The van der Waals surface area contributed by atoms with Crippen molar-refractivity contribution in [3.05, 3.63) is 60.4 Å². The number of carbonyl (C=O) groups excluding carboxylic acids is 1. The first kappa shape index (κ1) is 14.0. The van der Waals surface area contributed by atoms with Crippen LogP contribution in [0.5, 0.6) is 0 Å². The van der Waals surface area contributed by atoms with Gasteiger partial charge in [-0.15, -0.1) is 0 Å². The Morgan fingerprint density at radius 1 is 1.16 bits per heavy atom. The van der Waals surface area contributed by atoms with E-state index in [1.807, 2.05) is 24.3 Å². The van der Waals surface area contributed by atoms with Gasteiger partial charge in [0.05, 0.1) is 12.2 Å². The second kappa shape index (κ2) is 5.34. The molecule has 7 heteroatoms. The van der Waals surface area contributed by atoms with Gasteiger partial charge in [0.1, 0.15) is 5.58 Å². The minimum Gasteiger partial charge on any atom is -0.461 e. The van der Waals surface area contributed by atoms with Crippen LogP contribution in [0.15, 0.2) is 62.1 Å². The van der Waals surface area contributed by atoms with Gasteiger partial charge in [-0.2, -0.15) is 4.98 Å². The van der Waals surface area contributed by atoms with E-state index >= 15 is 0 Å². The second-order valence-electron chi connectivity index (χ2n) is 5.99. The molecule has 0 spiro atoms. The molecule has 4 aromatic rings. The van der Waals surface area contributed by atoms with Gasteiger partial charge in [0, 0.05) is 18.5 Å². The predicted octanol–water partition coefficient (Wildman–Crippen LogP) is 3.32. The van der Waals surface area contributed by atoms with Gasteiger partial charge in [0.25, 0.3) is 5.91 Å². The SMILES string of the molecule is O=C(c1cc2ccccc2o1)N1CC(c2nc(-c3ccco3)no2)C1. The lowest BCUT2D eigenvalue weighted by Crippen LogP contribution is -2.48. The van der Waals surface area contributed by atoms with Crippen molar-refractivity contribution in [3.8, 4) is 11.6 Å². The average Bonchev–Trinajstić information content (AvgIpc) is 3.32. The van der Waals surface area contributed by atoms with Gasteiger partial charge in [0.2, 0.25) is 11.7 Å². The molecule has 0 N–H and O–H groups in total. The van der Waals surface area contributed by atoms with Crippen LogP contribution in [0.2, 0.25) is 0 Å². The van der Waals surface area contributed by atoms with Crippen molar-refractivity contribution in [2.75, 3.05) is 13.1 Å². The molecule has 0 bridgehead atoms. The monoisotopic (exact) mass is 335 g/mol. The molecule has 124 valence electrons. The van der Waals surface area contributed by atoms with Gasteiger partial charge >= 0.3 is 0 Å². The van der Waals surface area contributed by atoms with E-state index in [9.17, 15) is 4.79 Å². The van der Waals surface area contributed by atoms with Gasteiger partial charge in [0.15, 0.2) is 11.5 Å². The number of benzene rings is 1. The first-order valence-corrected chi connectivity index (χ1v) is 7.93. The third kappa shape index (κ3) is 2.32. The van der Waals surface area contributed by atoms with Crippen LogP contribution in [0.25, 0.3) is 22.6 Å². The largest absolute Gasteiger partial charge is 0.461 e. The summed E-state index contributed by atoms with van der Waals surface area (Å²) in [7, 11) is 0. The van der Waals surface area contributed by atoms with Crippen LogP contribution in [0.1, 0.15) is 22.4 Å². The molecular weight excluding hydrogens is 322 g/mol. The van der Waals surface area contributed by atoms with E-state index in [0.29, 0.717) is 41.9 Å². The number of para-hydroxylation sites is 1. The zero-order valence-electron chi connectivity index (χ0n) is 13.1. The summed E-state index contributed by atoms with van der Waals surface area (Å²) >= 11 is 0. The second-order valence-corrected chi connectivity index (χ2v) is 5.99. The molecule has 1 aromatic carbocycles. The lowest BCUT2D eigenvalue weighted by atomic mass is 10.00. The van der Waals surface area contributed by atoms with Gasteiger partial charge in [-0.25, -0.2) is 0 Å². The Balaban J connectivity index is 1.29. The van der Waals surface area contributed by atoms with E-state index < -0.39 is 0 Å². The molecule has 0 radical (unpaired) electrons. The summed E-state index contributed by atoms with van der Waals surface area (Å²) < 4.78 is 16.2. The zero-order valence-corrected chi connectivity index (χ0v) is 13.1. The molecule has 0 aliphatic carbocycles. The molecule has 3 aromatic heterocycles. The van der Waals surface area contributed by atoms with E-state index in [1.54, 1.807) is 29.4 Å². The topological polar surface area (TPSA) is 85.5 Å². The number of amides is 1. The van der Waals surface area contributed by atoms with Crippen LogP contribution < -0.4 is 0 Å². The Labute approximate surface area is 141 Å². The van der Waals surface area contributed by atoms with Crippen molar-refractivity contribution < 1.29 is 18.2 Å². The molecule has 0 atom stereocenters. The quantitative estimate of drug-likeness (QED) is 0.571. The number of hydrogen-bond acceptors (Lipinski definition) is 6. The summed E-state index contributed by atoms with van der Waals surface area (Å²) in [5, 5.41) is 4.84. The van der Waals surface area contributed by atoms with Gasteiger partial charge in [-0.1, -0.05) is 23.4 Å². The third-order valence-corrected chi connectivity index (χ3v) is 4.34. The summed E-state index contributed by atoms with van der Waals surface area (Å²) in [6.45, 7) is 1.05. The maximum Gasteiger partial charge on any atom is 0.289 e. The van der Waals surface area contributed by atoms with Crippen LogP contribution >= 0.6 is 0 Å². The van der Waals surface area contributed by atoms with Crippen molar-refractivity contribution in [1.29, 1.82) is 0 Å². The van der Waals surface area contributed by atoms with E-state index in [1.165, 1.54) is 0 Å². The molecule has 25 heavy (non-hydrogen) atoms. The summed E-state index contributed by atoms with van der Waals surface area (Å²) in [5.74, 6) is 1.75. The Kier molecular flexibility index (Phi) is 3.00. The summed E-state index contributed by atoms with van der Waals surface area (Å²) in [4.78, 5) is 18.6. The smallest absolute Gasteiger partial charge is 0.289 e. The first-order chi connectivity index (χ1) is 12.3. The Morgan fingerprint density at radius 2 is 2.04 bits per heavy atom. The number of aromatic nitrogens is 2. The number of hydrogen-bond donors (Lipinski definition) is 0. The fourth-order valence-electron chi connectivity index (χ4n) is 2.95. The lowest BCUT2D eigenvalue weighted by Gasteiger charge is -2.36. The molecule has 0 unspecified atom stereocenters. The molecule has 5 rings (SSSR count). The summed E-state index contributed by atoms with van der Waals surface area (Å²) in [6.07, 6.45) is 1.56. The fourth-order valence-corrected chi connectivity index (χ4v) is 2.95. The average molecular weight is 335 g/mol. The number of nitrogens with zero attached hydrogens (tertiary/aromatic N) is 3. The highest BCUT2D eigenvalue weighted by atomic mass is 16.5. The number of rotatable bonds is 3. The number of fused-ring (bicyclic) bond motifs is 1. The van der Waals surface area contributed by atoms with Crippen molar-refractivity contribution in [2.45, 2.75) is 5.92 Å². The van der Waals surface area contributed by atoms with Crippen LogP contribution in [0.4, 0.5) is 0 Å². The van der Waals surface area contributed by atoms with E-state index in [-0.39, 0.29) is 11.8 Å². The lowest BCUT2D eigenvalue weighted by molar-refractivity contribution is 0.0539. The predicted molar refractivity (Wildman–Crippen MR) is 86.9 cm³/mol. The normalized spacial score (nSPS) is 14.8. The van der Waals surface area contributed by atoms with Gasteiger partial charge in [-0.3, -0.25) is 4.79 Å². The van der Waals surface area contributed by atoms with Crippen molar-refractivity contribution in [3.63, 3.8) is 0 Å². The number of furan rings is 2.